The van der Waals surface area contributed by atoms with Crippen molar-refractivity contribution in [3.63, 3.8) is 0 Å². The van der Waals surface area contributed by atoms with E-state index in [1.54, 1.807) is 0 Å². The van der Waals surface area contributed by atoms with Gasteiger partial charge in [0, 0.05) is 0 Å². The number of aliphatic hydroxyl groups excluding tert-OH is 2. The molecule has 6 nitrogen and oxygen atoms in total. The molecule has 11 heavy (non-hydrogen) atoms. The molecular weight excluding hydrogens is 219 g/mol. The molecule has 0 saturated heterocycles. The van der Waals surface area contributed by atoms with E-state index in [-0.39, 0.29) is 17.1 Å². The van der Waals surface area contributed by atoms with E-state index in [0.717, 1.165) is 0 Å². The Morgan fingerprint density at radius 2 is 1.73 bits per heavy atom. The fourth-order valence-electron chi connectivity index (χ4n) is 0.307. The van der Waals surface area contributed by atoms with E-state index in [2.05, 4.69) is 4.52 Å². The van der Waals surface area contributed by atoms with Gasteiger partial charge in [0.25, 0.3) is 0 Å². The standard InChI is InChI=1S/C3H9O6P.Fe/c4-1-3(2-5)9-10(6,7)8;/h3-5H,1-2H2,(H2,6,7,8);/q;+2/p-2. The first kappa shape index (κ1) is 14.1. The van der Waals surface area contributed by atoms with Crippen LogP contribution in [0, 0.1) is 0 Å². The number of hydrogen-bond acceptors (Lipinski definition) is 6. The molecular formula is C3H7FeO6P. The number of phosphoric acid groups is 1. The summed E-state index contributed by atoms with van der Waals surface area (Å²) in [5.74, 6) is 0. The second-order valence-electron chi connectivity index (χ2n) is 1.54. The summed E-state index contributed by atoms with van der Waals surface area (Å²) in [7, 11) is -5.07. The molecule has 0 unspecified atom stereocenters. The van der Waals surface area contributed by atoms with Crippen molar-refractivity contribution < 1.29 is 46.2 Å². The topological polar surface area (TPSA) is 113 Å². The van der Waals surface area contributed by atoms with E-state index < -0.39 is 27.1 Å². The molecule has 0 radical (unpaired) electrons. The largest absolute Gasteiger partial charge is 2.00 e. The molecule has 8 heteroatoms. The average Bonchev–Trinajstić information content (AvgIpc) is 1.81. The molecule has 0 spiro atoms. The second kappa shape index (κ2) is 6.11. The van der Waals surface area contributed by atoms with Crippen molar-refractivity contribution >= 4 is 7.82 Å². The first-order valence-electron chi connectivity index (χ1n) is 2.41. The van der Waals surface area contributed by atoms with E-state index in [0.29, 0.717) is 0 Å². The van der Waals surface area contributed by atoms with Crippen LogP contribution in [0.1, 0.15) is 0 Å². The van der Waals surface area contributed by atoms with E-state index in [4.69, 9.17) is 10.2 Å². The molecule has 0 atom stereocenters. The Bertz CT molecular complexity index is 130. The van der Waals surface area contributed by atoms with Crippen LogP contribution in [0.5, 0.6) is 0 Å². The van der Waals surface area contributed by atoms with Crippen LogP contribution in [-0.2, 0) is 26.2 Å². The van der Waals surface area contributed by atoms with E-state index in [9.17, 15) is 14.4 Å². The molecule has 2 N–H and O–H groups in total. The average molecular weight is 226 g/mol. The Hall–Kier alpha value is 0.549. The maximum atomic E-state index is 9.79. The number of hydrogen-bond donors (Lipinski definition) is 2. The molecule has 0 aliphatic heterocycles. The van der Waals surface area contributed by atoms with Gasteiger partial charge in [0.15, 0.2) is 0 Å². The zero-order valence-corrected chi connectivity index (χ0v) is 7.32. The Kier molecular flexibility index (Phi) is 7.83. The van der Waals surface area contributed by atoms with Crippen molar-refractivity contribution in [2.75, 3.05) is 13.2 Å². The van der Waals surface area contributed by atoms with Crippen molar-refractivity contribution in [3.05, 3.63) is 0 Å². The molecule has 0 aromatic carbocycles. The zero-order valence-electron chi connectivity index (χ0n) is 5.32. The van der Waals surface area contributed by atoms with E-state index in [1.165, 1.54) is 0 Å². The van der Waals surface area contributed by atoms with Crippen LogP contribution in [0.25, 0.3) is 0 Å². The van der Waals surface area contributed by atoms with Gasteiger partial charge in [0.2, 0.25) is 0 Å². The number of rotatable bonds is 4. The van der Waals surface area contributed by atoms with Crippen molar-refractivity contribution in [2.24, 2.45) is 0 Å². The van der Waals surface area contributed by atoms with Gasteiger partial charge in [-0.1, -0.05) is 0 Å². The Labute approximate surface area is 73.9 Å². The second-order valence-corrected chi connectivity index (χ2v) is 2.65. The maximum Gasteiger partial charge on any atom is 2.00 e. The summed E-state index contributed by atoms with van der Waals surface area (Å²) in [4.78, 5) is 19.6. The molecule has 0 aliphatic rings. The first-order chi connectivity index (χ1) is 4.49. The van der Waals surface area contributed by atoms with Crippen LogP contribution in [0.15, 0.2) is 0 Å². The summed E-state index contributed by atoms with van der Waals surface area (Å²) in [6, 6.07) is 0. The summed E-state index contributed by atoms with van der Waals surface area (Å²) in [5, 5.41) is 16.4. The van der Waals surface area contributed by atoms with Gasteiger partial charge in [-0.05, 0) is 0 Å². The quantitative estimate of drug-likeness (QED) is 0.395. The van der Waals surface area contributed by atoms with Gasteiger partial charge in [0.1, 0.15) is 6.10 Å². The summed E-state index contributed by atoms with van der Waals surface area (Å²) in [6.45, 7) is -1.41. The van der Waals surface area contributed by atoms with E-state index in [1.807, 2.05) is 0 Å². The van der Waals surface area contributed by atoms with Crippen molar-refractivity contribution in [2.45, 2.75) is 6.10 Å². The fraction of sp³-hybridized carbons (Fsp3) is 1.00. The Balaban J connectivity index is 0. The molecule has 0 bridgehead atoms. The molecule has 68 valence electrons. The van der Waals surface area contributed by atoms with Crippen LogP contribution in [-0.4, -0.2) is 29.5 Å². The molecule has 0 aromatic rings. The molecule has 0 heterocycles. The molecule has 0 saturated carbocycles. The minimum absolute atomic E-state index is 0. The molecule has 0 amide bonds. The smallest absolute Gasteiger partial charge is 0.790 e. The zero-order chi connectivity index (χ0) is 8.20. The minimum Gasteiger partial charge on any atom is -0.790 e. The van der Waals surface area contributed by atoms with Gasteiger partial charge in [-0.3, -0.25) is 0 Å². The van der Waals surface area contributed by atoms with Crippen molar-refractivity contribution in [1.82, 2.24) is 0 Å². The van der Waals surface area contributed by atoms with Crippen molar-refractivity contribution in [3.8, 4) is 0 Å². The number of aliphatic hydroxyl groups is 2. The summed E-state index contributed by atoms with van der Waals surface area (Å²) in [5.41, 5.74) is 0. The van der Waals surface area contributed by atoms with Crippen LogP contribution >= 0.6 is 7.82 Å². The SMILES string of the molecule is O=P([O-])([O-])OC(CO)CO.[Fe+2]. The van der Waals surface area contributed by atoms with Crippen LogP contribution in [0.3, 0.4) is 0 Å². The molecule has 0 fully saturated rings. The monoisotopic (exact) mass is 226 g/mol. The summed E-state index contributed by atoms with van der Waals surface area (Å²) in [6.07, 6.45) is -1.33. The van der Waals surface area contributed by atoms with Crippen LogP contribution in [0.2, 0.25) is 0 Å². The normalized spacial score (nSPS) is 11.4. The Morgan fingerprint density at radius 1 is 1.36 bits per heavy atom. The summed E-state index contributed by atoms with van der Waals surface area (Å²) >= 11 is 0. The number of phosphoric ester groups is 1. The van der Waals surface area contributed by atoms with E-state index >= 15 is 0 Å². The van der Waals surface area contributed by atoms with Crippen LogP contribution in [0.4, 0.5) is 0 Å². The molecule has 0 aromatic heterocycles. The van der Waals surface area contributed by atoms with Crippen LogP contribution < -0.4 is 9.79 Å². The van der Waals surface area contributed by atoms with Gasteiger partial charge < -0.3 is 29.1 Å². The van der Waals surface area contributed by atoms with Gasteiger partial charge in [-0.15, -0.1) is 0 Å². The maximum absolute atomic E-state index is 9.79. The van der Waals surface area contributed by atoms with Crippen molar-refractivity contribution in [1.29, 1.82) is 0 Å². The first-order valence-corrected chi connectivity index (χ1v) is 3.88. The van der Waals surface area contributed by atoms with Gasteiger partial charge in [-0.2, -0.15) is 0 Å². The van der Waals surface area contributed by atoms with Gasteiger partial charge in [0.05, 0.1) is 21.0 Å². The molecule has 0 rings (SSSR count). The summed E-state index contributed by atoms with van der Waals surface area (Å²) < 4.78 is 13.5. The third-order valence-electron chi connectivity index (χ3n) is 0.685. The van der Waals surface area contributed by atoms with Gasteiger partial charge >= 0.3 is 17.1 Å². The minimum atomic E-state index is -5.07. The predicted octanol–water partition coefficient (Wildman–Crippen LogP) is -2.82. The van der Waals surface area contributed by atoms with Gasteiger partial charge in [-0.25, -0.2) is 0 Å². The predicted molar refractivity (Wildman–Crippen MR) is 26.7 cm³/mol. The fourth-order valence-corrected chi connectivity index (χ4v) is 0.805. The third kappa shape index (κ3) is 8.46. The Morgan fingerprint density at radius 3 is 1.82 bits per heavy atom. The third-order valence-corrected chi connectivity index (χ3v) is 1.24. The molecule has 0 aliphatic carbocycles.